The van der Waals surface area contributed by atoms with E-state index >= 15 is 0 Å². The maximum absolute atomic E-state index is 13.8. The van der Waals surface area contributed by atoms with E-state index in [4.69, 9.17) is 14.2 Å². The number of pyridine rings is 1. The molecule has 2 aromatic carbocycles. The number of hydrogen-bond acceptors (Lipinski definition) is 9. The third kappa shape index (κ3) is 6.82. The minimum absolute atomic E-state index is 0.0385. The smallest absolute Gasteiger partial charge is 0.261 e. The molecular formula is C26H28N4O8S. The first-order chi connectivity index (χ1) is 18.8. The Morgan fingerprint density at radius 1 is 1.05 bits per heavy atom. The number of ether oxygens (including phenoxy) is 3. The summed E-state index contributed by atoms with van der Waals surface area (Å²) in [6, 6.07) is 12.7. The van der Waals surface area contributed by atoms with Crippen LogP contribution in [0.15, 0.2) is 71.9 Å². The van der Waals surface area contributed by atoms with Crippen LogP contribution in [-0.4, -0.2) is 54.7 Å². The van der Waals surface area contributed by atoms with Crippen LogP contribution < -0.4 is 25.0 Å². The van der Waals surface area contributed by atoms with E-state index in [-0.39, 0.29) is 37.6 Å². The highest BCUT2D eigenvalue weighted by Crippen LogP contribution is 2.34. The summed E-state index contributed by atoms with van der Waals surface area (Å²) in [4.78, 5) is 29.3. The number of sulfonamides is 1. The quantitative estimate of drug-likeness (QED) is 0.224. The normalized spacial score (nSPS) is 13.1. The molecular weight excluding hydrogens is 528 g/mol. The van der Waals surface area contributed by atoms with Gasteiger partial charge in [0.05, 0.1) is 12.0 Å². The fourth-order valence-electron chi connectivity index (χ4n) is 4.00. The van der Waals surface area contributed by atoms with Crippen molar-refractivity contribution in [3.63, 3.8) is 0 Å². The van der Waals surface area contributed by atoms with Crippen molar-refractivity contribution in [1.29, 1.82) is 0 Å². The van der Waals surface area contributed by atoms with Gasteiger partial charge in [-0.3, -0.25) is 19.8 Å². The third-order valence-corrected chi connectivity index (χ3v) is 7.95. The van der Waals surface area contributed by atoms with Gasteiger partial charge in [-0.2, -0.15) is 4.31 Å². The Morgan fingerprint density at radius 2 is 1.77 bits per heavy atom. The molecule has 1 atom stereocenters. The fraction of sp³-hybridized carbons (Fsp3) is 0.269. The van der Waals surface area contributed by atoms with Crippen LogP contribution in [0.5, 0.6) is 17.2 Å². The fourth-order valence-corrected chi connectivity index (χ4v) is 5.61. The molecule has 2 amide bonds. The lowest BCUT2D eigenvalue weighted by molar-refractivity contribution is -0.133. The standard InChI is InChI=1S/C26H28N4O8S/c1-36-20-3-5-21(6-4-20)39(34,35)30(16-19-2-8-23-24(14-19)38-17-37-23)22(26(32)29-33)7-9-25(31)28-15-18-10-12-27-13-11-18/h2-6,8,10-14,22,33H,7,9,15-17H2,1H3,(H,28,31)(H,29,32)/t22-/m1/s1. The number of methoxy groups -OCH3 is 1. The van der Waals surface area contributed by atoms with Crippen molar-refractivity contribution in [2.75, 3.05) is 13.9 Å². The van der Waals surface area contributed by atoms with Crippen LogP contribution >= 0.6 is 0 Å². The topological polar surface area (TPSA) is 156 Å². The van der Waals surface area contributed by atoms with Crippen LogP contribution in [0.2, 0.25) is 0 Å². The molecule has 0 fully saturated rings. The lowest BCUT2D eigenvalue weighted by atomic mass is 10.1. The highest BCUT2D eigenvalue weighted by molar-refractivity contribution is 7.89. The van der Waals surface area contributed by atoms with Crippen LogP contribution in [-0.2, 0) is 32.7 Å². The predicted octanol–water partition coefficient (Wildman–Crippen LogP) is 1.98. The van der Waals surface area contributed by atoms with Gasteiger partial charge in [0.15, 0.2) is 11.5 Å². The molecule has 4 rings (SSSR count). The molecule has 1 aliphatic rings. The van der Waals surface area contributed by atoms with Crippen molar-refractivity contribution in [2.24, 2.45) is 0 Å². The molecule has 0 saturated carbocycles. The number of nitrogens with one attached hydrogen (secondary N) is 2. The maximum Gasteiger partial charge on any atom is 0.261 e. The Morgan fingerprint density at radius 3 is 2.46 bits per heavy atom. The number of hydroxylamine groups is 1. The van der Waals surface area contributed by atoms with Crippen molar-refractivity contribution >= 4 is 21.8 Å². The number of hydrogen-bond donors (Lipinski definition) is 3. The summed E-state index contributed by atoms with van der Waals surface area (Å²) < 4.78 is 44.5. The van der Waals surface area contributed by atoms with Gasteiger partial charge in [-0.15, -0.1) is 0 Å². The first kappa shape index (κ1) is 27.8. The Labute approximate surface area is 225 Å². The number of fused-ring (bicyclic) bond motifs is 1. The van der Waals surface area contributed by atoms with Crippen molar-refractivity contribution in [3.05, 3.63) is 78.1 Å². The molecule has 206 valence electrons. The third-order valence-electron chi connectivity index (χ3n) is 6.09. The van der Waals surface area contributed by atoms with E-state index in [1.54, 1.807) is 48.2 Å². The molecule has 0 saturated heterocycles. The zero-order chi connectivity index (χ0) is 27.8. The van der Waals surface area contributed by atoms with Crippen LogP contribution in [0.4, 0.5) is 0 Å². The highest BCUT2D eigenvalue weighted by atomic mass is 32.2. The summed E-state index contributed by atoms with van der Waals surface area (Å²) in [5.74, 6) is 0.0285. The Balaban J connectivity index is 1.60. The Kier molecular flexibility index (Phi) is 8.96. The SMILES string of the molecule is COc1ccc(S(=O)(=O)N(Cc2ccc3c(c2)OCO3)[C@H](CCC(=O)NCc2ccncc2)C(=O)NO)cc1. The Bertz CT molecular complexity index is 1400. The molecule has 0 bridgehead atoms. The van der Waals surface area contributed by atoms with Crippen molar-refractivity contribution in [1.82, 2.24) is 20.1 Å². The lowest BCUT2D eigenvalue weighted by Gasteiger charge is -2.29. The molecule has 0 spiro atoms. The summed E-state index contributed by atoms with van der Waals surface area (Å²) in [6.45, 7) is 0.0296. The molecule has 0 unspecified atom stereocenters. The van der Waals surface area contributed by atoms with Crippen molar-refractivity contribution in [2.45, 2.75) is 36.9 Å². The summed E-state index contributed by atoms with van der Waals surface area (Å²) in [5, 5.41) is 12.2. The second-order valence-corrected chi connectivity index (χ2v) is 10.5. The zero-order valence-corrected chi connectivity index (χ0v) is 21.9. The number of benzene rings is 2. The van der Waals surface area contributed by atoms with Gasteiger partial charge in [-0.1, -0.05) is 6.07 Å². The van der Waals surface area contributed by atoms with E-state index in [9.17, 15) is 23.2 Å². The number of carbonyl (C=O) groups excluding carboxylic acids is 2. The lowest BCUT2D eigenvalue weighted by Crippen LogP contribution is -2.49. The summed E-state index contributed by atoms with van der Waals surface area (Å²) in [7, 11) is -2.85. The molecule has 3 aromatic rings. The van der Waals surface area contributed by atoms with Crippen LogP contribution in [0, 0.1) is 0 Å². The minimum Gasteiger partial charge on any atom is -0.497 e. The van der Waals surface area contributed by atoms with E-state index in [1.165, 1.54) is 31.4 Å². The van der Waals surface area contributed by atoms with Gasteiger partial charge < -0.3 is 19.5 Å². The van der Waals surface area contributed by atoms with E-state index in [1.807, 2.05) is 0 Å². The first-order valence-electron chi connectivity index (χ1n) is 12.0. The highest BCUT2D eigenvalue weighted by Gasteiger charge is 2.36. The summed E-state index contributed by atoms with van der Waals surface area (Å²) in [6.07, 6.45) is 2.82. The Hall–Kier alpha value is -4.20. The van der Waals surface area contributed by atoms with Gasteiger partial charge in [0.2, 0.25) is 22.7 Å². The van der Waals surface area contributed by atoms with E-state index < -0.39 is 27.9 Å². The number of nitrogens with zero attached hydrogens (tertiary/aromatic N) is 2. The van der Waals surface area contributed by atoms with Crippen molar-refractivity contribution in [3.8, 4) is 17.2 Å². The summed E-state index contributed by atoms with van der Waals surface area (Å²) >= 11 is 0. The molecule has 3 N–H and O–H groups in total. The van der Waals surface area contributed by atoms with Gasteiger partial charge in [-0.25, -0.2) is 13.9 Å². The van der Waals surface area contributed by atoms with Crippen molar-refractivity contribution < 1.29 is 37.4 Å². The molecule has 1 aliphatic heterocycles. The molecule has 13 heteroatoms. The predicted molar refractivity (Wildman–Crippen MR) is 137 cm³/mol. The first-order valence-corrected chi connectivity index (χ1v) is 13.4. The molecule has 0 radical (unpaired) electrons. The molecule has 2 heterocycles. The molecule has 12 nitrogen and oxygen atoms in total. The zero-order valence-electron chi connectivity index (χ0n) is 21.1. The maximum atomic E-state index is 13.8. The number of rotatable bonds is 12. The monoisotopic (exact) mass is 556 g/mol. The summed E-state index contributed by atoms with van der Waals surface area (Å²) in [5.41, 5.74) is 2.88. The number of aromatic nitrogens is 1. The second kappa shape index (κ2) is 12.6. The van der Waals surface area contributed by atoms with Crippen LogP contribution in [0.25, 0.3) is 0 Å². The largest absolute Gasteiger partial charge is 0.497 e. The minimum atomic E-state index is -4.30. The number of amides is 2. The van der Waals surface area contributed by atoms with Gasteiger partial charge >= 0.3 is 0 Å². The van der Waals surface area contributed by atoms with Gasteiger partial charge in [0.25, 0.3) is 5.91 Å². The number of carbonyl (C=O) groups is 2. The second-order valence-electron chi connectivity index (χ2n) is 8.58. The van der Waals surface area contributed by atoms with Crippen LogP contribution in [0.3, 0.4) is 0 Å². The molecule has 0 aliphatic carbocycles. The molecule has 1 aromatic heterocycles. The van der Waals surface area contributed by atoms with Gasteiger partial charge in [0, 0.05) is 31.9 Å². The van der Waals surface area contributed by atoms with E-state index in [0.717, 1.165) is 9.87 Å². The van der Waals surface area contributed by atoms with Crippen LogP contribution in [0.1, 0.15) is 24.0 Å². The van der Waals surface area contributed by atoms with Gasteiger partial charge in [0.1, 0.15) is 11.8 Å². The molecule has 39 heavy (non-hydrogen) atoms. The van der Waals surface area contributed by atoms with E-state index in [2.05, 4.69) is 10.3 Å². The average molecular weight is 557 g/mol. The van der Waals surface area contributed by atoms with E-state index in [0.29, 0.717) is 22.8 Å². The average Bonchev–Trinajstić information content (AvgIpc) is 3.44. The van der Waals surface area contributed by atoms with Gasteiger partial charge in [-0.05, 0) is 66.1 Å².